The first-order valence-corrected chi connectivity index (χ1v) is 16.7. The third-order valence-corrected chi connectivity index (χ3v) is 10.5. The van der Waals surface area contributed by atoms with Crippen molar-refractivity contribution in [3.63, 3.8) is 0 Å². The molecule has 0 aromatic heterocycles. The van der Waals surface area contributed by atoms with Gasteiger partial charge in [-0.25, -0.2) is 8.78 Å². The molecule has 11 heteroatoms. The number of halogens is 5. The molecule has 6 nitrogen and oxygen atoms in total. The van der Waals surface area contributed by atoms with Crippen LogP contribution in [-0.2, 0) is 17.8 Å². The van der Waals surface area contributed by atoms with Crippen molar-refractivity contribution in [3.05, 3.63) is 94.6 Å². The lowest BCUT2D eigenvalue weighted by Crippen LogP contribution is -2.47. The summed E-state index contributed by atoms with van der Waals surface area (Å²) in [6, 6.07) is 15.3. The predicted molar refractivity (Wildman–Crippen MR) is 173 cm³/mol. The summed E-state index contributed by atoms with van der Waals surface area (Å²) in [6.07, 6.45) is 0.0581. The lowest BCUT2D eigenvalue weighted by Gasteiger charge is -2.43. The van der Waals surface area contributed by atoms with Crippen LogP contribution in [0.3, 0.4) is 0 Å². The molecule has 2 atom stereocenters. The SMILES string of the molecule is C[C@@H]1Cc2cc(OCc3ccccc3)ccc2C(c2c(F)cc(N3CCCC4(CCN(CC(=O)O)CC4)CC3)cc2F)N1CC(F)(F)F. The van der Waals surface area contributed by atoms with Crippen LogP contribution in [0.15, 0.2) is 60.7 Å². The Kier molecular flexibility index (Phi) is 9.99. The van der Waals surface area contributed by atoms with Gasteiger partial charge in [-0.15, -0.1) is 0 Å². The number of piperidine rings is 1. The van der Waals surface area contributed by atoms with Crippen molar-refractivity contribution in [2.45, 2.75) is 70.3 Å². The maximum atomic E-state index is 16.2. The zero-order valence-electron chi connectivity index (χ0n) is 27.1. The van der Waals surface area contributed by atoms with E-state index in [0.29, 0.717) is 55.3 Å². The monoisotopic (exact) mass is 671 g/mol. The van der Waals surface area contributed by atoms with Gasteiger partial charge in [0.05, 0.1) is 19.1 Å². The molecule has 0 saturated carbocycles. The first-order valence-electron chi connectivity index (χ1n) is 16.7. The van der Waals surface area contributed by atoms with Crippen LogP contribution in [0.4, 0.5) is 27.6 Å². The molecule has 1 N–H and O–H groups in total. The van der Waals surface area contributed by atoms with E-state index < -0.39 is 42.4 Å². The van der Waals surface area contributed by atoms with Gasteiger partial charge in [-0.1, -0.05) is 36.4 Å². The second-order valence-electron chi connectivity index (χ2n) is 13.7. The molecule has 3 aliphatic heterocycles. The van der Waals surface area contributed by atoms with Crippen LogP contribution in [-0.4, -0.2) is 72.4 Å². The Hall–Kier alpha value is -3.70. The number of fused-ring (bicyclic) bond motifs is 1. The van der Waals surface area contributed by atoms with Gasteiger partial charge in [-0.2, -0.15) is 13.2 Å². The molecule has 3 aromatic carbocycles. The molecule has 1 spiro atoms. The summed E-state index contributed by atoms with van der Waals surface area (Å²) in [7, 11) is 0. The first-order chi connectivity index (χ1) is 22.9. The summed E-state index contributed by atoms with van der Waals surface area (Å²) in [5.74, 6) is -2.04. The first kappa shape index (κ1) is 34.2. The van der Waals surface area contributed by atoms with Crippen LogP contribution in [0, 0.1) is 17.0 Å². The van der Waals surface area contributed by atoms with Gasteiger partial charge in [0.25, 0.3) is 0 Å². The standard InChI is InChI=1S/C37H42F5N3O3/c1-25-18-27-19-29(48-23-26-6-3-2-4-7-26)8-9-30(27)35(45(25)24-37(40,41)42)34-31(38)20-28(21-32(34)39)44-14-5-10-36(13-17-44)11-15-43(16-12-36)22-33(46)47/h2-4,6-9,19-21,25,35H,5,10-18,22-24H2,1H3,(H,46,47)/t25-,35?/m1/s1. The molecule has 258 valence electrons. The maximum absolute atomic E-state index is 16.2. The highest BCUT2D eigenvalue weighted by Crippen LogP contribution is 2.45. The minimum Gasteiger partial charge on any atom is -0.489 e. The summed E-state index contributed by atoms with van der Waals surface area (Å²) in [5.41, 5.74) is 2.15. The van der Waals surface area contributed by atoms with Crippen LogP contribution in [0.25, 0.3) is 0 Å². The number of rotatable bonds is 8. The van der Waals surface area contributed by atoms with E-state index in [9.17, 15) is 18.0 Å². The normalized spacial score (nSPS) is 21.9. The van der Waals surface area contributed by atoms with Crippen molar-refractivity contribution in [2.24, 2.45) is 5.41 Å². The zero-order valence-corrected chi connectivity index (χ0v) is 27.1. The van der Waals surface area contributed by atoms with Crippen LogP contribution in [0.1, 0.15) is 67.3 Å². The highest BCUT2D eigenvalue weighted by atomic mass is 19.4. The number of hydrogen-bond donors (Lipinski definition) is 1. The quantitative estimate of drug-likeness (QED) is 0.249. The average Bonchev–Trinajstić information content (AvgIpc) is 3.24. The molecule has 48 heavy (non-hydrogen) atoms. The van der Waals surface area contributed by atoms with Crippen LogP contribution in [0.5, 0.6) is 5.75 Å². The Morgan fingerprint density at radius 3 is 2.29 bits per heavy atom. The summed E-state index contributed by atoms with van der Waals surface area (Å²) in [4.78, 5) is 16.2. The van der Waals surface area contributed by atoms with Crippen molar-refractivity contribution in [2.75, 3.05) is 44.2 Å². The van der Waals surface area contributed by atoms with Gasteiger partial charge in [0, 0.05) is 30.4 Å². The average molecular weight is 672 g/mol. The van der Waals surface area contributed by atoms with Gasteiger partial charge in [0.2, 0.25) is 0 Å². The second kappa shape index (κ2) is 14.0. The highest BCUT2D eigenvalue weighted by molar-refractivity contribution is 5.69. The lowest BCUT2D eigenvalue weighted by molar-refractivity contribution is -0.155. The van der Waals surface area contributed by atoms with E-state index in [1.54, 1.807) is 25.1 Å². The number of carbonyl (C=O) groups is 1. The smallest absolute Gasteiger partial charge is 0.401 e. The lowest BCUT2D eigenvalue weighted by atomic mass is 9.73. The minimum atomic E-state index is -4.57. The third-order valence-electron chi connectivity index (χ3n) is 10.5. The van der Waals surface area contributed by atoms with E-state index in [1.165, 1.54) is 12.1 Å². The Balaban J connectivity index is 1.25. The fourth-order valence-corrected chi connectivity index (χ4v) is 7.90. The number of benzene rings is 3. The predicted octanol–water partition coefficient (Wildman–Crippen LogP) is 7.60. The third kappa shape index (κ3) is 7.78. The molecule has 0 amide bonds. The van der Waals surface area contributed by atoms with Crippen LogP contribution in [0.2, 0.25) is 0 Å². The molecule has 0 radical (unpaired) electrons. The molecular weight excluding hydrogens is 629 g/mol. The molecule has 6 rings (SSSR count). The van der Waals surface area contributed by atoms with Crippen LogP contribution < -0.4 is 9.64 Å². The summed E-state index contributed by atoms with van der Waals surface area (Å²) in [6.45, 7) is 3.30. The van der Waals surface area contributed by atoms with E-state index in [-0.39, 0.29) is 23.9 Å². The van der Waals surface area contributed by atoms with Crippen molar-refractivity contribution < 1.29 is 36.6 Å². The Bertz CT molecular complexity index is 1570. The van der Waals surface area contributed by atoms with E-state index in [4.69, 9.17) is 9.84 Å². The summed E-state index contributed by atoms with van der Waals surface area (Å²) in [5, 5.41) is 9.15. The molecule has 2 saturated heterocycles. The van der Waals surface area contributed by atoms with Crippen molar-refractivity contribution >= 4 is 11.7 Å². The molecule has 0 aliphatic carbocycles. The highest BCUT2D eigenvalue weighted by Gasteiger charge is 2.43. The van der Waals surface area contributed by atoms with Gasteiger partial charge in [-0.05, 0) is 105 Å². The number of carboxylic acids is 1. The fourth-order valence-electron chi connectivity index (χ4n) is 7.90. The fraction of sp³-hybridized carbons (Fsp3) is 0.486. The molecular formula is C37H42F5N3O3. The summed E-state index contributed by atoms with van der Waals surface area (Å²) < 4.78 is 80.1. The number of aliphatic carboxylic acids is 1. The van der Waals surface area contributed by atoms with Gasteiger partial charge < -0.3 is 14.7 Å². The number of carboxylic acid groups (broad SMARTS) is 1. The second-order valence-corrected chi connectivity index (χ2v) is 13.7. The summed E-state index contributed by atoms with van der Waals surface area (Å²) >= 11 is 0. The van der Waals surface area contributed by atoms with E-state index >= 15 is 8.78 Å². The Morgan fingerprint density at radius 1 is 0.938 bits per heavy atom. The van der Waals surface area contributed by atoms with Gasteiger partial charge in [-0.3, -0.25) is 14.6 Å². The molecule has 3 aromatic rings. The minimum absolute atomic E-state index is 0.0287. The van der Waals surface area contributed by atoms with E-state index in [2.05, 4.69) is 0 Å². The van der Waals surface area contributed by atoms with E-state index in [1.807, 2.05) is 40.1 Å². The van der Waals surface area contributed by atoms with Crippen molar-refractivity contribution in [1.82, 2.24) is 9.80 Å². The largest absolute Gasteiger partial charge is 0.489 e. The van der Waals surface area contributed by atoms with Crippen molar-refractivity contribution in [1.29, 1.82) is 0 Å². The number of ether oxygens (including phenoxy) is 1. The molecule has 1 unspecified atom stereocenters. The van der Waals surface area contributed by atoms with E-state index in [0.717, 1.165) is 42.6 Å². The maximum Gasteiger partial charge on any atom is 0.401 e. The van der Waals surface area contributed by atoms with Gasteiger partial charge in [0.15, 0.2) is 0 Å². The number of likely N-dealkylation sites (tertiary alicyclic amines) is 1. The number of hydrogen-bond acceptors (Lipinski definition) is 5. The zero-order chi connectivity index (χ0) is 34.1. The molecule has 0 bridgehead atoms. The van der Waals surface area contributed by atoms with Crippen molar-refractivity contribution in [3.8, 4) is 5.75 Å². The Labute approximate surface area is 278 Å². The molecule has 2 fully saturated rings. The van der Waals surface area contributed by atoms with Gasteiger partial charge in [0.1, 0.15) is 24.0 Å². The Morgan fingerprint density at radius 2 is 1.62 bits per heavy atom. The number of anilines is 1. The molecule has 3 aliphatic rings. The number of nitrogens with zero attached hydrogens (tertiary/aromatic N) is 3. The molecule has 3 heterocycles. The topological polar surface area (TPSA) is 56.3 Å². The van der Waals surface area contributed by atoms with Crippen LogP contribution >= 0.6 is 0 Å². The van der Waals surface area contributed by atoms with Gasteiger partial charge >= 0.3 is 12.1 Å². The number of alkyl halides is 3.